The summed E-state index contributed by atoms with van der Waals surface area (Å²) < 4.78 is 24.0. The number of likely N-dealkylation sites (N-methyl/N-ethyl adjacent to an activating group) is 1. The number of amides is 2. The molecule has 2 aliphatic heterocycles. The van der Waals surface area contributed by atoms with E-state index >= 15 is 0 Å². The lowest BCUT2D eigenvalue weighted by molar-refractivity contribution is 0.00578. The van der Waals surface area contributed by atoms with Crippen LogP contribution in [0.2, 0.25) is 5.02 Å². The second kappa shape index (κ2) is 13.0. The molecule has 4 rings (SSSR count). The van der Waals surface area contributed by atoms with Crippen molar-refractivity contribution in [2.24, 2.45) is 0 Å². The summed E-state index contributed by atoms with van der Waals surface area (Å²) in [4.78, 5) is 43.4. The summed E-state index contributed by atoms with van der Waals surface area (Å²) in [6.45, 7) is 21.7. The van der Waals surface area contributed by atoms with Crippen molar-refractivity contribution in [2.75, 3.05) is 63.2 Å². The van der Waals surface area contributed by atoms with Gasteiger partial charge in [0, 0.05) is 55.1 Å². The molecule has 2 fully saturated rings. The third-order valence-corrected chi connectivity index (χ3v) is 8.47. The number of ether oxygens (including phenoxy) is 2. The van der Waals surface area contributed by atoms with Crippen LogP contribution < -0.4 is 15.3 Å². The molecule has 46 heavy (non-hydrogen) atoms. The molecule has 2 saturated heterocycles. The van der Waals surface area contributed by atoms with E-state index in [1.165, 1.54) is 4.90 Å². The van der Waals surface area contributed by atoms with Crippen LogP contribution in [-0.4, -0.2) is 115 Å². The lowest BCUT2D eigenvalue weighted by atomic mass is 9.78. The maximum atomic E-state index is 13.6. The maximum Gasteiger partial charge on any atom is 0.496 e. The first-order chi connectivity index (χ1) is 21.1. The Balaban J connectivity index is 1.80. The van der Waals surface area contributed by atoms with Gasteiger partial charge in [0.2, 0.25) is 5.95 Å². The van der Waals surface area contributed by atoms with Gasteiger partial charge in [-0.1, -0.05) is 11.6 Å². The van der Waals surface area contributed by atoms with E-state index in [-0.39, 0.29) is 12.0 Å². The van der Waals surface area contributed by atoms with Gasteiger partial charge in [-0.2, -0.15) is 4.98 Å². The number of rotatable bonds is 6. The smallest absolute Gasteiger partial charge is 0.444 e. The Morgan fingerprint density at radius 2 is 1.48 bits per heavy atom. The Kier molecular flexibility index (Phi) is 10.1. The average Bonchev–Trinajstić information content (AvgIpc) is 3.12. The minimum atomic E-state index is -0.720. The van der Waals surface area contributed by atoms with Crippen LogP contribution in [0.4, 0.5) is 21.4 Å². The van der Waals surface area contributed by atoms with Crippen LogP contribution in [0.25, 0.3) is 10.9 Å². The number of benzene rings is 1. The molecule has 2 aromatic rings. The van der Waals surface area contributed by atoms with Crippen molar-refractivity contribution in [1.82, 2.24) is 19.8 Å². The number of carbonyl (C=O) groups excluding carboxylic acids is 2. The summed E-state index contributed by atoms with van der Waals surface area (Å²) in [5.41, 5.74) is -1.23. The Bertz CT molecular complexity index is 1430. The van der Waals surface area contributed by atoms with Gasteiger partial charge in [-0.15, -0.1) is 0 Å². The van der Waals surface area contributed by atoms with Crippen LogP contribution in [-0.2, 0) is 18.8 Å². The molecule has 2 aliphatic rings. The second-order valence-corrected chi connectivity index (χ2v) is 15.6. The highest BCUT2D eigenvalue weighted by molar-refractivity contribution is 6.66. The molecule has 14 heteroatoms. The van der Waals surface area contributed by atoms with Gasteiger partial charge in [-0.05, 0) is 95.5 Å². The largest absolute Gasteiger partial charge is 0.496 e. The first-order valence-corrected chi connectivity index (χ1v) is 16.2. The van der Waals surface area contributed by atoms with Crippen molar-refractivity contribution in [3.8, 4) is 0 Å². The van der Waals surface area contributed by atoms with E-state index in [2.05, 4.69) is 4.90 Å². The Hall–Kier alpha value is -2.87. The maximum absolute atomic E-state index is 13.6. The molecule has 2 amide bonds. The van der Waals surface area contributed by atoms with Crippen molar-refractivity contribution >= 4 is 59.0 Å². The predicted octanol–water partition coefficient (Wildman–Crippen LogP) is 4.94. The lowest BCUT2D eigenvalue weighted by Crippen LogP contribution is -2.50. The van der Waals surface area contributed by atoms with Crippen molar-refractivity contribution in [3.63, 3.8) is 0 Å². The van der Waals surface area contributed by atoms with E-state index in [9.17, 15) is 9.59 Å². The molecule has 12 nitrogen and oxygen atoms in total. The van der Waals surface area contributed by atoms with Crippen LogP contribution >= 0.6 is 11.6 Å². The first kappa shape index (κ1) is 36.0. The van der Waals surface area contributed by atoms with Crippen molar-refractivity contribution in [1.29, 1.82) is 0 Å². The number of anilines is 2. The number of piperazine rings is 1. The van der Waals surface area contributed by atoms with E-state index in [0.717, 1.165) is 0 Å². The normalized spacial score (nSPS) is 18.3. The molecular formula is C32H50BClN6O6. The second-order valence-electron chi connectivity index (χ2n) is 15.2. The van der Waals surface area contributed by atoms with Gasteiger partial charge in [0.25, 0.3) is 0 Å². The number of aromatic nitrogens is 2. The fraction of sp³-hybridized carbons (Fsp3) is 0.688. The average molecular weight is 661 g/mol. The zero-order valence-corrected chi connectivity index (χ0v) is 30.2. The van der Waals surface area contributed by atoms with E-state index < -0.39 is 35.6 Å². The topological polar surface area (TPSA) is 110 Å². The first-order valence-electron chi connectivity index (χ1n) is 15.8. The van der Waals surface area contributed by atoms with Gasteiger partial charge in [0.1, 0.15) is 17.0 Å². The molecular weight excluding hydrogens is 611 g/mol. The standard InChI is InChI=1S/C32H50BClN6O6/c1-29(2,3)43-27(41)39-16-14-38(15-17-39)25-21-19-23(34)22(33-45-31(7,8)32(9,10)46-33)20-24(21)35-26(36-25)40(18-13-37(11)12)28(42)44-30(4,5)6/h19-20H,13-18H2,1-12H3. The number of fused-ring (bicyclic) bond motifs is 1. The fourth-order valence-electron chi connectivity index (χ4n) is 4.97. The van der Waals surface area contributed by atoms with Crippen molar-refractivity contribution < 1.29 is 28.4 Å². The zero-order chi connectivity index (χ0) is 34.4. The quantitative estimate of drug-likeness (QED) is 0.395. The van der Waals surface area contributed by atoms with Crippen LogP contribution in [0.5, 0.6) is 0 Å². The van der Waals surface area contributed by atoms with Crippen molar-refractivity contribution in [2.45, 2.75) is 91.6 Å². The molecule has 254 valence electrons. The molecule has 0 unspecified atom stereocenters. The number of hydrogen-bond acceptors (Lipinski definition) is 10. The van der Waals surface area contributed by atoms with E-state index in [0.29, 0.717) is 66.5 Å². The minimum absolute atomic E-state index is 0.204. The van der Waals surface area contributed by atoms with Crippen molar-refractivity contribution in [3.05, 3.63) is 17.2 Å². The SMILES string of the molecule is CN(C)CCN(C(=O)OC(C)(C)C)c1nc(N2CCN(C(=O)OC(C)(C)C)CC2)c2cc(Cl)c(B3OC(C)(C)C(C)(C)O3)cc2n1. The molecule has 3 heterocycles. The van der Waals surface area contributed by atoms with Gasteiger partial charge >= 0.3 is 19.3 Å². The van der Waals surface area contributed by atoms with Gasteiger partial charge in [-0.25, -0.2) is 19.5 Å². The summed E-state index contributed by atoms with van der Waals surface area (Å²) in [5, 5.41) is 1.16. The van der Waals surface area contributed by atoms with Crippen LogP contribution in [0, 0.1) is 0 Å². The van der Waals surface area contributed by atoms with Gasteiger partial charge in [0.15, 0.2) is 0 Å². The highest BCUT2D eigenvalue weighted by Gasteiger charge is 2.52. The number of nitrogens with zero attached hydrogens (tertiary/aromatic N) is 6. The Morgan fingerprint density at radius 1 is 0.913 bits per heavy atom. The zero-order valence-electron chi connectivity index (χ0n) is 29.5. The Morgan fingerprint density at radius 3 is 2.00 bits per heavy atom. The third-order valence-electron chi connectivity index (χ3n) is 8.15. The Labute approximate surface area is 278 Å². The van der Waals surface area contributed by atoms with Crippen LogP contribution in [0.1, 0.15) is 69.2 Å². The van der Waals surface area contributed by atoms with E-state index in [1.807, 2.05) is 100 Å². The molecule has 0 radical (unpaired) electrons. The summed E-state index contributed by atoms with van der Waals surface area (Å²) >= 11 is 6.92. The number of halogens is 1. The highest BCUT2D eigenvalue weighted by Crippen LogP contribution is 2.38. The summed E-state index contributed by atoms with van der Waals surface area (Å²) in [6, 6.07) is 3.68. The van der Waals surface area contributed by atoms with Crippen LogP contribution in [0.15, 0.2) is 12.1 Å². The molecule has 0 atom stereocenters. The molecule has 1 aromatic heterocycles. The third kappa shape index (κ3) is 8.34. The van der Waals surface area contributed by atoms with E-state index in [4.69, 9.17) is 40.4 Å². The minimum Gasteiger partial charge on any atom is -0.444 e. The lowest BCUT2D eigenvalue weighted by Gasteiger charge is -2.37. The van der Waals surface area contributed by atoms with Gasteiger partial charge in [0.05, 0.1) is 16.7 Å². The molecule has 0 N–H and O–H groups in total. The molecule has 0 bridgehead atoms. The molecule has 1 aromatic carbocycles. The predicted molar refractivity (Wildman–Crippen MR) is 182 cm³/mol. The molecule has 0 spiro atoms. The fourth-order valence-corrected chi connectivity index (χ4v) is 5.22. The monoisotopic (exact) mass is 660 g/mol. The highest BCUT2D eigenvalue weighted by atomic mass is 35.5. The van der Waals surface area contributed by atoms with Crippen LogP contribution in [0.3, 0.4) is 0 Å². The number of carbonyl (C=O) groups is 2. The number of hydrogen-bond donors (Lipinski definition) is 0. The van der Waals surface area contributed by atoms with E-state index in [1.54, 1.807) is 4.90 Å². The summed E-state index contributed by atoms with van der Waals surface area (Å²) in [7, 11) is 3.16. The summed E-state index contributed by atoms with van der Waals surface area (Å²) in [5.74, 6) is 0.806. The van der Waals surface area contributed by atoms with Gasteiger partial charge < -0.3 is 33.5 Å². The molecule has 0 saturated carbocycles. The molecule has 0 aliphatic carbocycles. The van der Waals surface area contributed by atoms with Gasteiger partial charge in [-0.3, -0.25) is 0 Å². The summed E-state index contributed by atoms with van der Waals surface area (Å²) in [6.07, 6.45) is -0.898.